The SMILES string of the molecule is CC(C)CCCCCCOC(=O)CC(C)S. The third-order valence-electron chi connectivity index (χ3n) is 2.40. The highest BCUT2D eigenvalue weighted by Gasteiger charge is 2.05. The topological polar surface area (TPSA) is 26.3 Å². The quantitative estimate of drug-likeness (QED) is 0.380. The fourth-order valence-electron chi connectivity index (χ4n) is 1.49. The Bertz CT molecular complexity index is 179. The number of thiol groups is 1. The van der Waals surface area contributed by atoms with Crippen LogP contribution in [0.15, 0.2) is 0 Å². The molecule has 0 radical (unpaired) electrons. The normalized spacial score (nSPS) is 12.8. The van der Waals surface area contributed by atoms with Crippen molar-refractivity contribution in [3.63, 3.8) is 0 Å². The van der Waals surface area contributed by atoms with Gasteiger partial charge in [0.2, 0.25) is 0 Å². The Morgan fingerprint density at radius 1 is 1.12 bits per heavy atom. The lowest BCUT2D eigenvalue weighted by Gasteiger charge is -2.06. The largest absolute Gasteiger partial charge is 0.466 e. The summed E-state index contributed by atoms with van der Waals surface area (Å²) < 4.78 is 5.09. The molecule has 0 aliphatic rings. The summed E-state index contributed by atoms with van der Waals surface area (Å²) in [6.07, 6.45) is 6.41. The fourth-order valence-corrected chi connectivity index (χ4v) is 1.64. The molecule has 0 aliphatic carbocycles. The Labute approximate surface area is 106 Å². The van der Waals surface area contributed by atoms with Crippen LogP contribution in [0.3, 0.4) is 0 Å². The molecule has 0 saturated carbocycles. The molecule has 16 heavy (non-hydrogen) atoms. The molecule has 0 aliphatic heterocycles. The zero-order chi connectivity index (χ0) is 12.4. The summed E-state index contributed by atoms with van der Waals surface area (Å²) >= 11 is 4.15. The summed E-state index contributed by atoms with van der Waals surface area (Å²) in [5.74, 6) is 0.680. The van der Waals surface area contributed by atoms with Gasteiger partial charge in [-0.1, -0.05) is 46.5 Å². The summed E-state index contributed by atoms with van der Waals surface area (Å²) in [6.45, 7) is 6.97. The maximum atomic E-state index is 11.2. The first-order valence-corrected chi connectivity index (χ1v) is 6.87. The average Bonchev–Trinajstić information content (AvgIpc) is 2.14. The molecule has 3 heteroatoms. The van der Waals surface area contributed by atoms with E-state index < -0.39 is 0 Å². The maximum absolute atomic E-state index is 11.2. The standard InChI is InChI=1S/C13H26O2S/c1-11(2)8-6-4-5-7-9-15-13(14)10-12(3)16/h11-12,16H,4-10H2,1-3H3. The second kappa shape index (κ2) is 10.0. The Kier molecular flexibility index (Phi) is 9.89. The molecule has 0 amide bonds. The minimum atomic E-state index is -0.121. The van der Waals surface area contributed by atoms with E-state index in [0.29, 0.717) is 13.0 Å². The first-order valence-electron chi connectivity index (χ1n) is 6.36. The van der Waals surface area contributed by atoms with E-state index in [1.165, 1.54) is 19.3 Å². The van der Waals surface area contributed by atoms with Crippen LogP contribution < -0.4 is 0 Å². The van der Waals surface area contributed by atoms with E-state index in [9.17, 15) is 4.79 Å². The van der Waals surface area contributed by atoms with Gasteiger partial charge in [0.05, 0.1) is 13.0 Å². The Hall–Kier alpha value is -0.180. The van der Waals surface area contributed by atoms with E-state index >= 15 is 0 Å². The molecule has 0 fully saturated rings. The van der Waals surface area contributed by atoms with Crippen LogP contribution in [0.25, 0.3) is 0 Å². The minimum Gasteiger partial charge on any atom is -0.466 e. The second-order valence-electron chi connectivity index (χ2n) is 4.87. The smallest absolute Gasteiger partial charge is 0.306 e. The molecule has 96 valence electrons. The van der Waals surface area contributed by atoms with Crippen LogP contribution in [0, 0.1) is 5.92 Å². The van der Waals surface area contributed by atoms with Crippen molar-refractivity contribution in [3.8, 4) is 0 Å². The lowest BCUT2D eigenvalue weighted by molar-refractivity contribution is -0.143. The molecule has 0 spiro atoms. The van der Waals surface area contributed by atoms with Gasteiger partial charge in [0.15, 0.2) is 0 Å². The molecule has 0 heterocycles. The monoisotopic (exact) mass is 246 g/mol. The minimum absolute atomic E-state index is 0.0959. The van der Waals surface area contributed by atoms with Crippen LogP contribution in [-0.2, 0) is 9.53 Å². The van der Waals surface area contributed by atoms with Gasteiger partial charge in [0, 0.05) is 5.25 Å². The molecule has 0 aromatic rings. The third kappa shape index (κ3) is 11.9. The Morgan fingerprint density at radius 2 is 1.75 bits per heavy atom. The lowest BCUT2D eigenvalue weighted by atomic mass is 10.0. The molecule has 0 saturated heterocycles. The first kappa shape index (κ1) is 15.8. The second-order valence-corrected chi connectivity index (χ2v) is 5.75. The van der Waals surface area contributed by atoms with Crippen molar-refractivity contribution in [1.29, 1.82) is 0 Å². The Morgan fingerprint density at radius 3 is 2.31 bits per heavy atom. The Balaban J connectivity index is 3.18. The van der Waals surface area contributed by atoms with E-state index in [4.69, 9.17) is 4.74 Å². The highest BCUT2D eigenvalue weighted by atomic mass is 32.1. The van der Waals surface area contributed by atoms with Crippen LogP contribution in [0.5, 0.6) is 0 Å². The highest BCUT2D eigenvalue weighted by Crippen LogP contribution is 2.09. The van der Waals surface area contributed by atoms with Gasteiger partial charge in [-0.05, 0) is 12.3 Å². The van der Waals surface area contributed by atoms with Gasteiger partial charge in [0.1, 0.15) is 0 Å². The van der Waals surface area contributed by atoms with Crippen molar-refractivity contribution < 1.29 is 9.53 Å². The fraction of sp³-hybridized carbons (Fsp3) is 0.923. The molecule has 0 N–H and O–H groups in total. The van der Waals surface area contributed by atoms with Gasteiger partial charge >= 0.3 is 5.97 Å². The molecular formula is C13H26O2S. The van der Waals surface area contributed by atoms with Gasteiger partial charge < -0.3 is 4.74 Å². The number of carbonyl (C=O) groups is 1. The van der Waals surface area contributed by atoms with Crippen LogP contribution in [-0.4, -0.2) is 17.8 Å². The van der Waals surface area contributed by atoms with Gasteiger partial charge in [-0.15, -0.1) is 0 Å². The van der Waals surface area contributed by atoms with Crippen LogP contribution in [0.2, 0.25) is 0 Å². The summed E-state index contributed by atoms with van der Waals surface area (Å²) in [5.41, 5.74) is 0. The maximum Gasteiger partial charge on any atom is 0.306 e. The summed E-state index contributed by atoms with van der Waals surface area (Å²) in [7, 11) is 0. The van der Waals surface area contributed by atoms with Gasteiger partial charge in [0.25, 0.3) is 0 Å². The summed E-state index contributed by atoms with van der Waals surface area (Å²) in [5, 5.41) is 0.0959. The zero-order valence-corrected chi connectivity index (χ0v) is 11.8. The molecule has 1 atom stereocenters. The number of unbranched alkanes of at least 4 members (excludes halogenated alkanes) is 3. The number of hydrogen-bond donors (Lipinski definition) is 1. The molecule has 0 aromatic heterocycles. The van der Waals surface area contributed by atoms with E-state index in [1.54, 1.807) is 0 Å². The van der Waals surface area contributed by atoms with Gasteiger partial charge in [-0.2, -0.15) is 12.6 Å². The van der Waals surface area contributed by atoms with Crippen molar-refractivity contribution in [2.45, 2.75) is 64.5 Å². The number of rotatable bonds is 9. The number of ether oxygens (including phenoxy) is 1. The van der Waals surface area contributed by atoms with Crippen molar-refractivity contribution in [1.82, 2.24) is 0 Å². The van der Waals surface area contributed by atoms with Crippen molar-refractivity contribution in [3.05, 3.63) is 0 Å². The molecule has 0 aromatic carbocycles. The van der Waals surface area contributed by atoms with E-state index in [2.05, 4.69) is 26.5 Å². The third-order valence-corrected chi connectivity index (χ3v) is 2.58. The zero-order valence-electron chi connectivity index (χ0n) is 10.9. The predicted molar refractivity (Wildman–Crippen MR) is 71.9 cm³/mol. The molecular weight excluding hydrogens is 220 g/mol. The van der Waals surface area contributed by atoms with Crippen LogP contribution in [0.4, 0.5) is 0 Å². The molecule has 0 rings (SSSR count). The number of carbonyl (C=O) groups excluding carboxylic acids is 1. The van der Waals surface area contributed by atoms with Gasteiger partial charge in [-0.3, -0.25) is 4.79 Å². The average molecular weight is 246 g/mol. The van der Waals surface area contributed by atoms with Crippen molar-refractivity contribution in [2.75, 3.05) is 6.61 Å². The highest BCUT2D eigenvalue weighted by molar-refractivity contribution is 7.80. The van der Waals surface area contributed by atoms with Crippen LogP contribution in [0.1, 0.15) is 59.3 Å². The number of hydrogen-bond acceptors (Lipinski definition) is 3. The van der Waals surface area contributed by atoms with Crippen LogP contribution >= 0.6 is 12.6 Å². The van der Waals surface area contributed by atoms with E-state index in [0.717, 1.165) is 18.8 Å². The molecule has 2 nitrogen and oxygen atoms in total. The van der Waals surface area contributed by atoms with E-state index in [-0.39, 0.29) is 11.2 Å². The van der Waals surface area contributed by atoms with Crippen molar-refractivity contribution >= 4 is 18.6 Å². The number of esters is 1. The predicted octanol–water partition coefficient (Wildman–Crippen LogP) is 3.84. The lowest BCUT2D eigenvalue weighted by Crippen LogP contribution is -2.10. The molecule has 0 bridgehead atoms. The van der Waals surface area contributed by atoms with Crippen molar-refractivity contribution in [2.24, 2.45) is 5.92 Å². The summed E-state index contributed by atoms with van der Waals surface area (Å²) in [4.78, 5) is 11.2. The first-order chi connectivity index (χ1) is 7.52. The van der Waals surface area contributed by atoms with E-state index in [1.807, 2.05) is 6.92 Å². The van der Waals surface area contributed by atoms with Gasteiger partial charge in [-0.25, -0.2) is 0 Å². The molecule has 1 unspecified atom stereocenters. The summed E-state index contributed by atoms with van der Waals surface area (Å²) in [6, 6.07) is 0.